The van der Waals surface area contributed by atoms with E-state index in [1.54, 1.807) is 42.5 Å². The maximum Gasteiger partial charge on any atom is 0.416 e. The fourth-order valence-electron chi connectivity index (χ4n) is 20.2. The predicted octanol–water partition coefficient (Wildman–Crippen LogP) is 23.4. The number of aryl methyl sites for hydroxylation is 1. The number of hydrogen-bond acceptors (Lipinski definition) is 11. The molecule has 0 bridgehead atoms. The van der Waals surface area contributed by atoms with E-state index in [9.17, 15) is 62.7 Å². The summed E-state index contributed by atoms with van der Waals surface area (Å²) in [5, 5.41) is 20.7. The van der Waals surface area contributed by atoms with Crippen molar-refractivity contribution in [2.75, 3.05) is 147 Å². The Morgan fingerprint density at radius 3 is 1.25 bits per heavy atom. The zero-order valence-corrected chi connectivity index (χ0v) is 81.3. The van der Waals surface area contributed by atoms with E-state index >= 15 is 0 Å². The van der Waals surface area contributed by atoms with Crippen LogP contribution in [0, 0.1) is 30.4 Å². The van der Waals surface area contributed by atoms with E-state index in [1.165, 1.54) is 148 Å². The van der Waals surface area contributed by atoms with E-state index in [2.05, 4.69) is 162 Å². The van der Waals surface area contributed by atoms with Crippen LogP contribution >= 0.6 is 0 Å². The van der Waals surface area contributed by atoms with Crippen molar-refractivity contribution in [3.63, 3.8) is 0 Å². The van der Waals surface area contributed by atoms with Crippen LogP contribution in [0.25, 0.3) is 0 Å². The van der Waals surface area contributed by atoms with Crippen molar-refractivity contribution in [2.45, 2.75) is 230 Å². The van der Waals surface area contributed by atoms with E-state index in [1.807, 2.05) is 50.4 Å². The van der Waals surface area contributed by atoms with Crippen molar-refractivity contribution in [1.82, 2.24) is 55.6 Å². The Morgan fingerprint density at radius 2 is 0.796 bits per heavy atom. The minimum Gasteiger partial charge on any atom is -0.336 e. The number of carbonyl (C=O) groups is 3. The Labute approximate surface area is 805 Å². The van der Waals surface area contributed by atoms with Gasteiger partial charge in [0.15, 0.2) is 0 Å². The number of rotatable bonds is 25. The summed E-state index contributed by atoms with van der Waals surface area (Å²) in [5.74, 6) is 0.366. The SMILES string of the molecule is CC(C)(C)c1ccc(C(CNC(=O)Nc2ccc(C(F)(F)F)cc2)N2CCN(C3CCCCC3)CC2)cc1.CC(C)(C)c1ccc(C(CNCCc2ccc(C(F)(F)F)cc2)N2CCN(C3CCCCC3)CC2)cc1.Cc1ccc(NC(=O)NCC(c2ccc(C(F)(F)F)cc2)N2CCN(C)CC2)cc1.O=C(Nc1ccccc1F)N[C@@H]1CCCC[C@H]1CN1CCC[C@@H](Cc2ccc(F)cc2)C1. The largest absolute Gasteiger partial charge is 0.416 e. The molecule has 15 rings (SSSR count). The second-order valence-corrected chi connectivity index (χ2v) is 40.6. The molecule has 4 saturated heterocycles. The monoisotopic (exact) mass is 1910 g/mol. The van der Waals surface area contributed by atoms with E-state index in [-0.39, 0.29) is 58.6 Å². The normalized spacial score (nSPS) is 20.0. The van der Waals surface area contributed by atoms with Gasteiger partial charge in [0.05, 0.1) is 34.5 Å². The van der Waals surface area contributed by atoms with Crippen molar-refractivity contribution < 1.29 is 62.7 Å². The first-order chi connectivity index (χ1) is 65.4. The summed E-state index contributed by atoms with van der Waals surface area (Å²) in [4.78, 5) is 54.9. The third-order valence-corrected chi connectivity index (χ3v) is 28.5. The number of nitrogens with zero attached hydrogens (tertiary/aromatic N) is 7. The highest BCUT2D eigenvalue weighted by Crippen LogP contribution is 2.38. The maximum absolute atomic E-state index is 13.9. The van der Waals surface area contributed by atoms with Crippen LogP contribution in [-0.2, 0) is 42.2 Å². The molecule has 4 aliphatic heterocycles. The summed E-state index contributed by atoms with van der Waals surface area (Å²) in [7, 11) is 2.04. The lowest BCUT2D eigenvalue weighted by molar-refractivity contribution is -0.138. The number of likely N-dealkylation sites (tertiary alicyclic amines) is 1. The minimum absolute atomic E-state index is 0.0101. The van der Waals surface area contributed by atoms with Gasteiger partial charge in [-0.15, -0.1) is 0 Å². The molecule has 746 valence electrons. The van der Waals surface area contributed by atoms with Crippen LogP contribution in [0.3, 0.4) is 0 Å². The first kappa shape index (κ1) is 106. The molecule has 0 radical (unpaired) electrons. The van der Waals surface area contributed by atoms with Gasteiger partial charge >= 0.3 is 36.6 Å². The average Bonchev–Trinajstić information content (AvgIpc) is 0.826. The van der Waals surface area contributed by atoms with Crippen LogP contribution in [0.4, 0.5) is 79.7 Å². The number of para-hydroxylation sites is 1. The van der Waals surface area contributed by atoms with E-state index in [0.29, 0.717) is 48.8 Å². The van der Waals surface area contributed by atoms with Gasteiger partial charge in [-0.25, -0.2) is 23.2 Å². The number of hydrogen-bond donors (Lipinski definition) is 7. The highest BCUT2D eigenvalue weighted by Gasteiger charge is 2.38. The van der Waals surface area contributed by atoms with E-state index in [0.717, 1.165) is 190 Å². The Morgan fingerprint density at radius 1 is 0.394 bits per heavy atom. The molecule has 3 unspecified atom stereocenters. The van der Waals surface area contributed by atoms with E-state index < -0.39 is 47.1 Å². The Bertz CT molecular complexity index is 4940. The summed E-state index contributed by atoms with van der Waals surface area (Å²) in [5.41, 5.74) is 8.44. The quantitative estimate of drug-likeness (QED) is 0.0216. The topological polar surface area (TPSA) is 158 Å². The molecule has 6 atom stereocenters. The molecule has 0 spiro atoms. The van der Waals surface area contributed by atoms with Gasteiger partial charge in [0.1, 0.15) is 11.6 Å². The zero-order chi connectivity index (χ0) is 97.9. The number of benzene rings is 8. The average molecular weight is 1910 g/mol. The lowest BCUT2D eigenvalue weighted by Crippen LogP contribution is -2.53. The summed E-state index contributed by atoms with van der Waals surface area (Å²) in [6.07, 6.45) is 8.78. The fourth-order valence-corrected chi connectivity index (χ4v) is 20.2. The number of carbonyl (C=O) groups excluding carboxylic acids is 3. The number of alkyl halides is 9. The molecule has 4 heterocycles. The van der Waals surface area contributed by atoms with Crippen LogP contribution in [0.5, 0.6) is 0 Å². The molecule has 0 aromatic heterocycles. The number of amides is 6. The summed E-state index contributed by atoms with van der Waals surface area (Å²) >= 11 is 0. The summed E-state index contributed by atoms with van der Waals surface area (Å²) in [6.45, 7) is 32.3. The Kier molecular flexibility index (Phi) is 39.2. The molecule has 137 heavy (non-hydrogen) atoms. The van der Waals surface area contributed by atoms with Crippen LogP contribution in [-0.4, -0.2) is 202 Å². The zero-order valence-electron chi connectivity index (χ0n) is 81.3. The molecule has 3 aliphatic carbocycles. The molecular formula is C109H145F11N14O3. The van der Waals surface area contributed by atoms with Gasteiger partial charge in [-0.3, -0.25) is 24.5 Å². The molecule has 17 nitrogen and oxygen atoms in total. The predicted molar refractivity (Wildman–Crippen MR) is 527 cm³/mol. The molecule has 3 saturated carbocycles. The lowest BCUT2D eigenvalue weighted by Gasteiger charge is -2.43. The van der Waals surface area contributed by atoms with Crippen molar-refractivity contribution in [3.05, 3.63) is 267 Å². The number of nitrogens with one attached hydrogen (secondary N) is 7. The van der Waals surface area contributed by atoms with Gasteiger partial charge in [0, 0.05) is 147 Å². The standard InChI is InChI=1S/C31H44F3N3.C30H41F3N4O.C26H33F2N3O.C22H27F3N4O/c1-30(2,3)26-15-11-25(12-16-26)29(37-21-19-36(20-22-37)28-7-5-4-6-8-28)23-35-18-17-24-9-13-27(14-10-24)31(32,33)34;1-29(2,3)23-11-9-22(10-12-23)27(37-19-17-36(18-20-37)26-7-5-4-6-8-26)21-34-28(38)35-25-15-13-24(14-16-25)30(31,32)33;27-22-13-11-19(12-14-22)16-20-6-5-15-31(17-20)18-21-7-1-3-9-24(21)29-26(32)30-25-10-4-2-8-23(25)28;1-16-3-9-19(10-4-16)27-21(30)26-15-20(29-13-11-28(2)12-14-29)17-5-7-18(8-6-17)22(23,24)25/h9-16,28-29,35H,4-8,17-23H2,1-3H3;9-16,26-27H,4-8,17-21H2,1-3H3,(H2,34,35,38);2,4,8,10-14,20-21,24H,1,3,5-7,9,15-18H2,(H2,29,30,32);3-10,20H,11-15H2,1-2H3,(H2,26,27,30)/t;;20-,21-,24+;/m..0./s1. The molecule has 28 heteroatoms. The molecule has 7 N–H and O–H groups in total. The van der Waals surface area contributed by atoms with Gasteiger partial charge in [0.25, 0.3) is 0 Å². The van der Waals surface area contributed by atoms with Crippen molar-refractivity contribution in [2.24, 2.45) is 11.8 Å². The van der Waals surface area contributed by atoms with Crippen LogP contribution in [0.15, 0.2) is 194 Å². The fraction of sp³-hybridized carbons (Fsp3) is 0.532. The second kappa shape index (κ2) is 50.6. The van der Waals surface area contributed by atoms with Crippen LogP contribution in [0.1, 0.15) is 224 Å². The molecular weight excluding hydrogens is 1760 g/mol. The minimum atomic E-state index is -4.41. The number of piperazine rings is 3. The van der Waals surface area contributed by atoms with Gasteiger partial charge in [-0.2, -0.15) is 39.5 Å². The Hall–Kier alpha value is -9.52. The van der Waals surface area contributed by atoms with Gasteiger partial charge in [0.2, 0.25) is 0 Å². The Balaban J connectivity index is 0.000000165. The smallest absolute Gasteiger partial charge is 0.336 e. The highest BCUT2D eigenvalue weighted by atomic mass is 19.4. The van der Waals surface area contributed by atoms with Gasteiger partial charge in [-0.1, -0.05) is 208 Å². The van der Waals surface area contributed by atoms with Crippen molar-refractivity contribution in [1.29, 1.82) is 0 Å². The van der Waals surface area contributed by atoms with Crippen LogP contribution < -0.4 is 37.2 Å². The highest BCUT2D eigenvalue weighted by molar-refractivity contribution is 5.90. The summed E-state index contributed by atoms with van der Waals surface area (Å²) in [6, 6.07) is 54.1. The number of likely N-dealkylation sites (N-methyl/N-ethyl adjacent to an activating group) is 1. The lowest BCUT2D eigenvalue weighted by atomic mass is 9.83. The van der Waals surface area contributed by atoms with E-state index in [4.69, 9.17) is 0 Å². The first-order valence-electron chi connectivity index (χ1n) is 49.7. The third kappa shape index (κ3) is 33.6. The van der Waals surface area contributed by atoms with Crippen molar-refractivity contribution >= 4 is 35.2 Å². The first-order valence-corrected chi connectivity index (χ1v) is 49.7. The van der Waals surface area contributed by atoms with Crippen LogP contribution in [0.2, 0.25) is 0 Å². The molecule has 6 amide bonds. The number of anilines is 3. The second-order valence-electron chi connectivity index (χ2n) is 40.6. The van der Waals surface area contributed by atoms with Gasteiger partial charge in [-0.05, 0) is 238 Å². The molecule has 7 aliphatic rings. The molecule has 8 aromatic carbocycles. The number of urea groups is 3. The number of halogens is 11. The van der Waals surface area contributed by atoms with Gasteiger partial charge < -0.3 is 47.0 Å². The summed E-state index contributed by atoms with van der Waals surface area (Å²) < 4.78 is 143. The molecule has 7 fully saturated rings. The molecule has 8 aromatic rings. The van der Waals surface area contributed by atoms with Crippen molar-refractivity contribution in [3.8, 4) is 0 Å². The number of piperidine rings is 1. The third-order valence-electron chi connectivity index (χ3n) is 28.5. The maximum atomic E-state index is 13.9.